The fourth-order valence-corrected chi connectivity index (χ4v) is 7.31. The maximum Gasteiger partial charge on any atom is 0.472 e. The average Bonchev–Trinajstić information content (AvgIpc) is 3.29. The van der Waals surface area contributed by atoms with Crippen molar-refractivity contribution in [1.29, 1.82) is 0 Å². The van der Waals surface area contributed by atoms with Crippen molar-refractivity contribution in [2.75, 3.05) is 33.0 Å². The molecule has 0 heterocycles. The van der Waals surface area contributed by atoms with Gasteiger partial charge in [-0.05, 0) is 96.3 Å². The quantitative estimate of drug-likeness (QED) is 0.0268. The summed E-state index contributed by atoms with van der Waals surface area (Å²) >= 11 is 0. The third-order valence-electron chi connectivity index (χ3n) is 10.2. The molecule has 0 radical (unpaired) electrons. The van der Waals surface area contributed by atoms with Gasteiger partial charge in [-0.25, -0.2) is 4.57 Å². The van der Waals surface area contributed by atoms with Crippen molar-refractivity contribution in [3.8, 4) is 0 Å². The van der Waals surface area contributed by atoms with E-state index >= 15 is 0 Å². The summed E-state index contributed by atoms with van der Waals surface area (Å²) in [6, 6.07) is 0. The Morgan fingerprint density at radius 2 is 0.828 bits per heavy atom. The summed E-state index contributed by atoms with van der Waals surface area (Å²) in [5.41, 5.74) is 5.39. The van der Waals surface area contributed by atoms with E-state index in [9.17, 15) is 14.3 Å². The number of phosphoric acid groups is 1. The molecule has 0 aromatic carbocycles. The summed E-state index contributed by atoms with van der Waals surface area (Å²) in [6.07, 6.45) is 69.7. The third kappa shape index (κ3) is 50.2. The lowest BCUT2D eigenvalue weighted by Gasteiger charge is -2.20. The fraction of sp³-hybridized carbons (Fsp3) is 0.655. The second-order valence-electron chi connectivity index (χ2n) is 16.3. The van der Waals surface area contributed by atoms with Crippen LogP contribution in [0.2, 0.25) is 0 Å². The fourth-order valence-electron chi connectivity index (χ4n) is 6.54. The Kier molecular flexibility index (Phi) is 48.9. The summed E-state index contributed by atoms with van der Waals surface area (Å²) in [5, 5.41) is 0. The summed E-state index contributed by atoms with van der Waals surface area (Å²) in [5.74, 6) is -0.346. The van der Waals surface area contributed by atoms with Gasteiger partial charge in [-0.3, -0.25) is 13.8 Å². The number of ether oxygens (including phenoxy) is 2. The second-order valence-corrected chi connectivity index (χ2v) is 17.7. The highest BCUT2D eigenvalue weighted by atomic mass is 31.2. The van der Waals surface area contributed by atoms with Crippen LogP contribution in [0.1, 0.15) is 194 Å². The Hall–Kier alpha value is -2.84. The topological polar surface area (TPSA) is 117 Å². The van der Waals surface area contributed by atoms with Crippen LogP contribution in [0, 0.1) is 0 Å². The number of carbonyl (C=O) groups is 1. The molecule has 0 aromatic rings. The van der Waals surface area contributed by atoms with E-state index in [1.54, 1.807) is 0 Å². The molecule has 0 spiro atoms. The molecule has 0 aliphatic carbocycles. The second kappa shape index (κ2) is 51.1. The molecule has 9 heteroatoms. The molecule has 3 N–H and O–H groups in total. The molecule has 0 fully saturated rings. The van der Waals surface area contributed by atoms with Crippen LogP contribution in [0.3, 0.4) is 0 Å². The average molecular weight is 912 g/mol. The molecule has 0 amide bonds. The SMILES string of the molecule is CC/C=C\C/C=C\C/C=C\C/C=C\C/C=C\CCCCCCCCCCOCC(COP(=O)(O)OCCN)OC(=O)CCCCCCCCCC/C=C\C/C=C\C/C=C\C/C=C\CC. The summed E-state index contributed by atoms with van der Waals surface area (Å²) in [6.45, 7) is 4.65. The van der Waals surface area contributed by atoms with Crippen molar-refractivity contribution >= 4 is 13.8 Å². The van der Waals surface area contributed by atoms with Crippen LogP contribution >= 0.6 is 7.82 Å². The molecule has 2 atom stereocenters. The van der Waals surface area contributed by atoms with Crippen molar-refractivity contribution in [3.63, 3.8) is 0 Å². The van der Waals surface area contributed by atoms with Crippen molar-refractivity contribution in [2.24, 2.45) is 5.73 Å². The molecule has 0 rings (SSSR count). The van der Waals surface area contributed by atoms with Crippen molar-refractivity contribution in [3.05, 3.63) is 109 Å². The summed E-state index contributed by atoms with van der Waals surface area (Å²) in [4.78, 5) is 22.6. The number of esters is 1. The minimum absolute atomic E-state index is 0.0912. The molecule has 0 aliphatic rings. The van der Waals surface area contributed by atoms with Gasteiger partial charge >= 0.3 is 13.8 Å². The van der Waals surface area contributed by atoms with Gasteiger partial charge in [-0.15, -0.1) is 0 Å². The van der Waals surface area contributed by atoms with E-state index in [1.165, 1.54) is 70.6 Å². The summed E-state index contributed by atoms with van der Waals surface area (Å²) in [7, 11) is -4.30. The monoisotopic (exact) mass is 912 g/mol. The lowest BCUT2D eigenvalue weighted by Crippen LogP contribution is -2.28. The van der Waals surface area contributed by atoms with Crippen molar-refractivity contribution in [2.45, 2.75) is 200 Å². The lowest BCUT2D eigenvalue weighted by molar-refractivity contribution is -0.154. The Morgan fingerprint density at radius 1 is 0.469 bits per heavy atom. The smallest absolute Gasteiger partial charge is 0.457 e. The van der Waals surface area contributed by atoms with Crippen LogP contribution in [-0.4, -0.2) is 49.9 Å². The van der Waals surface area contributed by atoms with Crippen LogP contribution in [0.15, 0.2) is 109 Å². The molecular formula is C55H94NO7P. The predicted molar refractivity (Wildman–Crippen MR) is 274 cm³/mol. The van der Waals surface area contributed by atoms with Crippen molar-refractivity contribution in [1.82, 2.24) is 0 Å². The van der Waals surface area contributed by atoms with Crippen LogP contribution in [0.4, 0.5) is 0 Å². The molecule has 0 saturated carbocycles. The molecule has 0 bridgehead atoms. The highest BCUT2D eigenvalue weighted by molar-refractivity contribution is 7.47. The number of hydrogen-bond acceptors (Lipinski definition) is 7. The van der Waals surface area contributed by atoms with E-state index in [2.05, 4.69) is 123 Å². The Balaban J connectivity index is 4.02. The molecular weight excluding hydrogens is 818 g/mol. The van der Waals surface area contributed by atoms with Gasteiger partial charge in [-0.1, -0.05) is 200 Å². The third-order valence-corrected chi connectivity index (χ3v) is 11.2. The van der Waals surface area contributed by atoms with Crippen molar-refractivity contribution < 1.29 is 32.8 Å². The number of carbonyl (C=O) groups excluding carboxylic acids is 1. The normalized spacial score (nSPS) is 14.2. The molecule has 0 saturated heterocycles. The Labute approximate surface area is 393 Å². The minimum atomic E-state index is -4.30. The molecule has 0 aromatic heterocycles. The highest BCUT2D eigenvalue weighted by Gasteiger charge is 2.25. The molecule has 64 heavy (non-hydrogen) atoms. The first-order chi connectivity index (χ1) is 31.4. The van der Waals surface area contributed by atoms with Crippen LogP contribution in [-0.2, 0) is 27.9 Å². The van der Waals surface area contributed by atoms with E-state index in [1.807, 2.05) is 0 Å². The molecule has 2 unspecified atom stereocenters. The van der Waals surface area contributed by atoms with Gasteiger partial charge < -0.3 is 20.1 Å². The minimum Gasteiger partial charge on any atom is -0.457 e. The van der Waals surface area contributed by atoms with Crippen LogP contribution < -0.4 is 5.73 Å². The predicted octanol–water partition coefficient (Wildman–Crippen LogP) is 16.0. The van der Waals surface area contributed by atoms with E-state index in [4.69, 9.17) is 24.3 Å². The van der Waals surface area contributed by atoms with Gasteiger partial charge in [0.15, 0.2) is 0 Å². The molecule has 8 nitrogen and oxygen atoms in total. The van der Waals surface area contributed by atoms with E-state index in [0.717, 1.165) is 103 Å². The first-order valence-corrected chi connectivity index (χ1v) is 26.9. The van der Waals surface area contributed by atoms with Gasteiger partial charge in [0, 0.05) is 19.6 Å². The van der Waals surface area contributed by atoms with E-state index in [-0.39, 0.29) is 32.3 Å². The number of phosphoric ester groups is 1. The Morgan fingerprint density at radius 3 is 1.23 bits per heavy atom. The standard InChI is InChI=1S/C55H94NO7P/c1-3-5-7-9-11-13-15-17-19-21-23-25-26-27-29-31-33-35-37-39-41-43-45-47-50-60-52-54(53-62-64(58,59)61-51-49-56)63-55(57)48-46-44-42-40-38-36-34-32-30-28-24-22-20-18-16-14-12-10-8-6-4-2/h5-8,11-14,17-20,23-25,27-29,54H,3-4,9-10,15-16,21-22,26,30-53,56H2,1-2H3,(H,58,59)/b7-5-,8-6-,13-11-,14-12-,19-17-,20-18-,25-23-,28-24-,29-27-. The number of hydrogen-bond donors (Lipinski definition) is 2. The maximum atomic E-state index is 12.7. The van der Waals surface area contributed by atoms with Gasteiger partial charge in [0.2, 0.25) is 0 Å². The van der Waals surface area contributed by atoms with E-state index < -0.39 is 13.9 Å². The lowest BCUT2D eigenvalue weighted by atomic mass is 10.1. The first kappa shape index (κ1) is 61.2. The van der Waals surface area contributed by atoms with E-state index in [0.29, 0.717) is 13.0 Å². The number of nitrogens with two attached hydrogens (primary N) is 1. The van der Waals surface area contributed by atoms with Gasteiger partial charge in [-0.2, -0.15) is 0 Å². The molecule has 366 valence electrons. The number of rotatable bonds is 47. The van der Waals surface area contributed by atoms with Gasteiger partial charge in [0.25, 0.3) is 0 Å². The summed E-state index contributed by atoms with van der Waals surface area (Å²) < 4.78 is 33.6. The zero-order valence-electron chi connectivity index (χ0n) is 40.7. The number of unbranched alkanes of at least 4 members (excludes halogenated alkanes) is 16. The maximum absolute atomic E-state index is 12.7. The highest BCUT2D eigenvalue weighted by Crippen LogP contribution is 2.43. The number of allylic oxidation sites excluding steroid dienone is 18. The van der Waals surface area contributed by atoms with Crippen LogP contribution in [0.5, 0.6) is 0 Å². The van der Waals surface area contributed by atoms with Gasteiger partial charge in [0.1, 0.15) is 6.10 Å². The van der Waals surface area contributed by atoms with Gasteiger partial charge in [0.05, 0.1) is 19.8 Å². The first-order valence-electron chi connectivity index (χ1n) is 25.4. The zero-order chi connectivity index (χ0) is 46.5. The largest absolute Gasteiger partial charge is 0.472 e. The Bertz CT molecular complexity index is 1350. The van der Waals surface area contributed by atoms with Crippen LogP contribution in [0.25, 0.3) is 0 Å². The molecule has 0 aliphatic heterocycles. The zero-order valence-corrected chi connectivity index (χ0v) is 41.6.